The maximum absolute atomic E-state index is 12.4. The van der Waals surface area contributed by atoms with Gasteiger partial charge in [0, 0.05) is 39.3 Å². The zero-order valence-electron chi connectivity index (χ0n) is 24.0. The van der Waals surface area contributed by atoms with Gasteiger partial charge in [-0.2, -0.15) is 10.2 Å². The summed E-state index contributed by atoms with van der Waals surface area (Å²) in [6, 6.07) is 8.59. The van der Waals surface area contributed by atoms with Crippen molar-refractivity contribution < 1.29 is 14.3 Å². The van der Waals surface area contributed by atoms with Crippen LogP contribution in [0.25, 0.3) is 0 Å². The van der Waals surface area contributed by atoms with Gasteiger partial charge in [-0.15, -0.1) is 0 Å². The predicted molar refractivity (Wildman–Crippen MR) is 153 cm³/mol. The third-order valence-corrected chi connectivity index (χ3v) is 5.58. The highest BCUT2D eigenvalue weighted by atomic mass is 16.6. The largest absolute Gasteiger partial charge is 0.444 e. The van der Waals surface area contributed by atoms with Crippen LogP contribution in [0.3, 0.4) is 0 Å². The number of carbonyl (C=O) groups excluding carboxylic acids is 2. The van der Waals surface area contributed by atoms with E-state index in [0.29, 0.717) is 42.3 Å². The highest BCUT2D eigenvalue weighted by Gasteiger charge is 2.26. The van der Waals surface area contributed by atoms with Crippen LogP contribution in [-0.4, -0.2) is 65.7 Å². The van der Waals surface area contributed by atoms with E-state index < -0.39 is 17.7 Å². The molecule has 1 aromatic heterocycles. The number of ether oxygens (including phenoxy) is 1. The highest BCUT2D eigenvalue weighted by Crippen LogP contribution is 2.20. The van der Waals surface area contributed by atoms with Crippen molar-refractivity contribution in [2.75, 3.05) is 37.4 Å². The molecule has 0 spiro atoms. The molecule has 0 saturated carbocycles. The van der Waals surface area contributed by atoms with Crippen molar-refractivity contribution in [3.63, 3.8) is 0 Å². The third-order valence-electron chi connectivity index (χ3n) is 5.58. The van der Waals surface area contributed by atoms with E-state index in [2.05, 4.69) is 45.4 Å². The number of hydrogen-bond donors (Lipinski definition) is 2. The molecular weight excluding hydrogens is 494 g/mol. The van der Waals surface area contributed by atoms with Crippen molar-refractivity contribution in [3.05, 3.63) is 41.6 Å². The minimum absolute atomic E-state index is 0.253. The van der Waals surface area contributed by atoms with Gasteiger partial charge in [0.2, 0.25) is 11.9 Å². The zero-order chi connectivity index (χ0) is 29.0. The van der Waals surface area contributed by atoms with E-state index in [0.717, 1.165) is 18.7 Å². The van der Waals surface area contributed by atoms with E-state index in [-0.39, 0.29) is 5.91 Å². The van der Waals surface area contributed by atoms with Crippen LogP contribution in [0, 0.1) is 23.2 Å². The second-order valence-electron chi connectivity index (χ2n) is 10.1. The number of nitriles is 1. The molecule has 0 bridgehead atoms. The molecule has 0 aliphatic carbocycles. The van der Waals surface area contributed by atoms with Gasteiger partial charge in [-0.25, -0.2) is 9.78 Å². The van der Waals surface area contributed by atoms with Gasteiger partial charge in [-0.05, 0) is 58.7 Å². The second-order valence-corrected chi connectivity index (χ2v) is 10.1. The van der Waals surface area contributed by atoms with Crippen molar-refractivity contribution in [2.24, 2.45) is 0 Å². The lowest BCUT2D eigenvalue weighted by atomic mass is 10.2. The Labute approximate surface area is 231 Å². The number of unbranched alkanes of at least 4 members (excludes halogenated alkanes) is 1. The normalized spacial score (nSPS) is 11.3. The summed E-state index contributed by atoms with van der Waals surface area (Å²) in [7, 11) is 3.51. The molecule has 2 aromatic rings. The van der Waals surface area contributed by atoms with Crippen LogP contribution in [0.2, 0.25) is 0 Å². The Morgan fingerprint density at radius 2 is 1.97 bits per heavy atom. The number of anilines is 3. The van der Waals surface area contributed by atoms with Crippen LogP contribution < -0.4 is 15.5 Å². The van der Waals surface area contributed by atoms with Gasteiger partial charge in [0.1, 0.15) is 17.5 Å². The molecule has 2 amide bonds. The molecule has 2 rings (SSSR count). The van der Waals surface area contributed by atoms with Crippen molar-refractivity contribution >= 4 is 29.5 Å². The zero-order valence-corrected chi connectivity index (χ0v) is 24.0. The Morgan fingerprint density at radius 3 is 2.64 bits per heavy atom. The van der Waals surface area contributed by atoms with E-state index in [1.165, 1.54) is 4.90 Å². The lowest BCUT2D eigenvalue weighted by Crippen LogP contribution is -2.47. The predicted octanol–water partition coefficient (Wildman–Crippen LogP) is 4.44. The molecule has 1 aromatic carbocycles. The number of rotatable bonds is 10. The topological polar surface area (TPSA) is 123 Å². The molecule has 2 N–H and O–H groups in total. The third kappa shape index (κ3) is 10.2. The van der Waals surface area contributed by atoms with E-state index in [9.17, 15) is 9.59 Å². The summed E-state index contributed by atoms with van der Waals surface area (Å²) in [4.78, 5) is 37.0. The molecule has 0 radical (unpaired) electrons. The van der Waals surface area contributed by atoms with Gasteiger partial charge < -0.3 is 20.3 Å². The number of nitrogens with one attached hydrogen (secondary N) is 2. The summed E-state index contributed by atoms with van der Waals surface area (Å²) in [5, 5.41) is 15.1. The summed E-state index contributed by atoms with van der Waals surface area (Å²) in [5.74, 6) is 7.18. The SMILES string of the molecule is CCCN(C)c1nc(Nc2cccc(C#N)c2)ncc1C#CCCCNC(=O)[C@H](C)N(C)C(=O)OC(C)(C)C. The minimum Gasteiger partial charge on any atom is -0.444 e. The number of nitrogens with zero attached hydrogens (tertiary/aromatic N) is 5. The van der Waals surface area contributed by atoms with E-state index in [4.69, 9.17) is 10.00 Å². The number of hydrogen-bond acceptors (Lipinski definition) is 8. The Kier molecular flexibility index (Phi) is 11.6. The molecule has 0 aliphatic heterocycles. The molecule has 0 unspecified atom stereocenters. The smallest absolute Gasteiger partial charge is 0.410 e. The Bertz CT molecular complexity index is 1240. The fourth-order valence-corrected chi connectivity index (χ4v) is 3.41. The van der Waals surface area contributed by atoms with Crippen molar-refractivity contribution in [2.45, 2.75) is 65.5 Å². The molecule has 1 atom stereocenters. The fourth-order valence-electron chi connectivity index (χ4n) is 3.41. The van der Waals surface area contributed by atoms with Gasteiger partial charge in [0.15, 0.2) is 0 Å². The Hall–Kier alpha value is -4.31. The van der Waals surface area contributed by atoms with Gasteiger partial charge >= 0.3 is 6.09 Å². The molecule has 39 heavy (non-hydrogen) atoms. The van der Waals surface area contributed by atoms with Gasteiger partial charge in [-0.1, -0.05) is 24.8 Å². The average molecular weight is 534 g/mol. The summed E-state index contributed by atoms with van der Waals surface area (Å²) in [6.45, 7) is 10.3. The molecule has 208 valence electrons. The summed E-state index contributed by atoms with van der Waals surface area (Å²) in [6.07, 6.45) is 3.31. The maximum Gasteiger partial charge on any atom is 0.410 e. The molecule has 0 fully saturated rings. The summed E-state index contributed by atoms with van der Waals surface area (Å²) in [5.41, 5.74) is 1.35. The van der Waals surface area contributed by atoms with Crippen LogP contribution in [0.1, 0.15) is 65.0 Å². The van der Waals surface area contributed by atoms with Crippen LogP contribution in [0.4, 0.5) is 22.2 Å². The number of likely N-dealkylation sites (N-methyl/N-ethyl adjacent to an activating group) is 1. The molecular formula is C29H39N7O3. The van der Waals surface area contributed by atoms with E-state index >= 15 is 0 Å². The molecule has 10 nitrogen and oxygen atoms in total. The number of benzene rings is 1. The lowest BCUT2D eigenvalue weighted by molar-refractivity contribution is -0.125. The van der Waals surface area contributed by atoms with Crippen molar-refractivity contribution in [1.82, 2.24) is 20.2 Å². The first-order valence-electron chi connectivity index (χ1n) is 13.0. The van der Waals surface area contributed by atoms with E-state index in [1.54, 1.807) is 59.1 Å². The molecule has 0 aliphatic rings. The maximum atomic E-state index is 12.4. The van der Waals surface area contributed by atoms with Crippen LogP contribution in [0.15, 0.2) is 30.5 Å². The second kappa shape index (κ2) is 14.6. The number of aromatic nitrogens is 2. The first kappa shape index (κ1) is 30.9. The van der Waals surface area contributed by atoms with Crippen LogP contribution in [-0.2, 0) is 9.53 Å². The van der Waals surface area contributed by atoms with Gasteiger partial charge in [0.25, 0.3) is 0 Å². The molecule has 0 saturated heterocycles. The van der Waals surface area contributed by atoms with Gasteiger partial charge in [-0.3, -0.25) is 9.69 Å². The fraction of sp³-hybridized carbons (Fsp3) is 0.483. The van der Waals surface area contributed by atoms with Gasteiger partial charge in [0.05, 0.1) is 23.4 Å². The molecule has 1 heterocycles. The number of carbonyl (C=O) groups is 2. The van der Waals surface area contributed by atoms with Crippen LogP contribution >= 0.6 is 0 Å². The Morgan fingerprint density at radius 1 is 1.23 bits per heavy atom. The summed E-state index contributed by atoms with van der Waals surface area (Å²) >= 11 is 0. The number of amides is 2. The van der Waals surface area contributed by atoms with Crippen LogP contribution in [0.5, 0.6) is 0 Å². The standard InChI is InChI=1S/C29H39N7O3/c1-8-17-35(6)25-23(20-32-27(34-25)33-24-15-12-13-22(18-24)19-30)14-10-9-11-16-31-26(37)21(2)36(7)28(38)39-29(3,4)5/h12-13,15,18,20-21H,8-9,11,16-17H2,1-7H3,(H,31,37)(H,32,33,34)/t21-/m0/s1. The Balaban J connectivity index is 1.97. The quantitative estimate of drug-likeness (QED) is 0.339. The average Bonchev–Trinajstić information content (AvgIpc) is 2.89. The minimum atomic E-state index is -0.658. The van der Waals surface area contributed by atoms with Crippen molar-refractivity contribution in [1.29, 1.82) is 5.26 Å². The molecule has 10 heteroatoms. The monoisotopic (exact) mass is 533 g/mol. The highest BCUT2D eigenvalue weighted by molar-refractivity contribution is 5.85. The lowest BCUT2D eigenvalue weighted by Gasteiger charge is -2.28. The first-order chi connectivity index (χ1) is 18.4. The summed E-state index contributed by atoms with van der Waals surface area (Å²) < 4.78 is 5.32. The first-order valence-corrected chi connectivity index (χ1v) is 13.0. The van der Waals surface area contributed by atoms with Crippen molar-refractivity contribution in [3.8, 4) is 17.9 Å². The van der Waals surface area contributed by atoms with E-state index in [1.807, 2.05) is 18.0 Å².